The van der Waals surface area contributed by atoms with E-state index in [1.807, 2.05) is 18.2 Å². The van der Waals surface area contributed by atoms with Gasteiger partial charge in [0.1, 0.15) is 4.32 Å². The van der Waals surface area contributed by atoms with Crippen LogP contribution < -0.4 is 14.8 Å². The number of nitrogens with one attached hydrogen (secondary N) is 1. The Balaban J connectivity index is 1.74. The smallest absolute Gasteiger partial charge is 0.266 e. The van der Waals surface area contributed by atoms with Crippen LogP contribution in [0, 0.1) is 0 Å². The summed E-state index contributed by atoms with van der Waals surface area (Å²) in [5.74, 6) is 0.356. The molecule has 2 amide bonds. The molecular weight excluding hydrogens is 500 g/mol. The second kappa shape index (κ2) is 10.6. The van der Waals surface area contributed by atoms with Crippen LogP contribution in [-0.4, -0.2) is 41.3 Å². The summed E-state index contributed by atoms with van der Waals surface area (Å²) in [6.07, 6.45) is 3.37. The molecule has 0 unspecified atom stereocenters. The number of para-hydroxylation sites is 1. The SMILES string of the molecule is C=CCN1C(=O)/C(=C/c2cc(Br)c(OCC(=O)Nc3ccccc3)c(OC)c2)SC1=S. The lowest BCUT2D eigenvalue weighted by molar-refractivity contribution is -0.121. The number of thioether (sulfide) groups is 1. The average molecular weight is 519 g/mol. The molecular formula is C22H19BrN2O4S2. The Kier molecular flexibility index (Phi) is 7.89. The fraction of sp³-hybridized carbons (Fsp3) is 0.136. The van der Waals surface area contributed by atoms with Gasteiger partial charge in [-0.1, -0.05) is 48.3 Å². The number of methoxy groups -OCH3 is 1. The Bertz CT molecular complexity index is 1060. The molecule has 1 aliphatic rings. The van der Waals surface area contributed by atoms with Gasteiger partial charge in [-0.05, 0) is 51.8 Å². The van der Waals surface area contributed by atoms with Crippen LogP contribution in [0.4, 0.5) is 5.69 Å². The molecule has 1 N–H and O–H groups in total. The number of carbonyl (C=O) groups excluding carboxylic acids is 2. The molecule has 1 aliphatic heterocycles. The first-order chi connectivity index (χ1) is 14.9. The van der Waals surface area contributed by atoms with Crippen LogP contribution in [0.2, 0.25) is 0 Å². The highest BCUT2D eigenvalue weighted by molar-refractivity contribution is 9.10. The highest BCUT2D eigenvalue weighted by atomic mass is 79.9. The predicted octanol–water partition coefficient (Wildman–Crippen LogP) is 4.86. The van der Waals surface area contributed by atoms with Crippen molar-refractivity contribution in [1.29, 1.82) is 0 Å². The molecule has 1 saturated heterocycles. The monoisotopic (exact) mass is 518 g/mol. The zero-order valence-electron chi connectivity index (χ0n) is 16.6. The second-order valence-corrected chi connectivity index (χ2v) is 8.85. The number of ether oxygens (including phenoxy) is 2. The van der Waals surface area contributed by atoms with E-state index in [4.69, 9.17) is 21.7 Å². The van der Waals surface area contributed by atoms with Crippen molar-refractivity contribution >= 4 is 67.8 Å². The molecule has 0 aromatic heterocycles. The van der Waals surface area contributed by atoms with E-state index < -0.39 is 0 Å². The minimum Gasteiger partial charge on any atom is -0.493 e. The largest absolute Gasteiger partial charge is 0.493 e. The summed E-state index contributed by atoms with van der Waals surface area (Å²) in [5, 5.41) is 2.76. The number of carbonyl (C=O) groups is 2. The van der Waals surface area contributed by atoms with Crippen molar-refractivity contribution in [3.05, 3.63) is 70.1 Å². The van der Waals surface area contributed by atoms with Gasteiger partial charge in [0.15, 0.2) is 18.1 Å². The molecule has 160 valence electrons. The zero-order chi connectivity index (χ0) is 22.4. The predicted molar refractivity (Wildman–Crippen MR) is 131 cm³/mol. The van der Waals surface area contributed by atoms with E-state index >= 15 is 0 Å². The molecule has 0 saturated carbocycles. The molecule has 9 heteroatoms. The first-order valence-corrected chi connectivity index (χ1v) is 11.2. The molecule has 1 heterocycles. The quantitative estimate of drug-likeness (QED) is 0.305. The first-order valence-electron chi connectivity index (χ1n) is 9.14. The molecule has 0 aliphatic carbocycles. The molecule has 2 aromatic carbocycles. The maximum absolute atomic E-state index is 12.5. The molecule has 0 spiro atoms. The van der Waals surface area contributed by atoms with Crippen LogP contribution in [0.25, 0.3) is 6.08 Å². The molecule has 1 fully saturated rings. The maximum atomic E-state index is 12.5. The van der Waals surface area contributed by atoms with Crippen molar-refractivity contribution in [3.63, 3.8) is 0 Å². The molecule has 6 nitrogen and oxygen atoms in total. The maximum Gasteiger partial charge on any atom is 0.266 e. The standard InChI is InChI=1S/C22H19BrN2O4S2/c1-3-9-25-21(27)18(31-22(25)30)12-14-10-16(23)20(17(11-14)28-2)29-13-19(26)24-15-7-5-4-6-8-15/h3-8,10-12H,1,9,13H2,2H3,(H,24,26)/b18-12-. The Labute approximate surface area is 198 Å². The number of hydrogen-bond donors (Lipinski definition) is 1. The summed E-state index contributed by atoms with van der Waals surface area (Å²) >= 11 is 9.96. The minimum atomic E-state index is -0.296. The van der Waals surface area contributed by atoms with E-state index in [1.165, 1.54) is 23.8 Å². The van der Waals surface area contributed by atoms with Gasteiger partial charge in [0.05, 0.1) is 16.5 Å². The van der Waals surface area contributed by atoms with E-state index in [9.17, 15) is 9.59 Å². The summed E-state index contributed by atoms with van der Waals surface area (Å²) in [6.45, 7) is 3.83. The Morgan fingerprint density at radius 2 is 2.06 bits per heavy atom. The van der Waals surface area contributed by atoms with Gasteiger partial charge >= 0.3 is 0 Å². The average Bonchev–Trinajstić information content (AvgIpc) is 3.01. The van der Waals surface area contributed by atoms with E-state index in [0.29, 0.717) is 37.4 Å². The van der Waals surface area contributed by atoms with Gasteiger partial charge in [-0.25, -0.2) is 0 Å². The van der Waals surface area contributed by atoms with Gasteiger partial charge in [0, 0.05) is 12.2 Å². The van der Waals surface area contributed by atoms with Gasteiger partial charge in [-0.2, -0.15) is 0 Å². The van der Waals surface area contributed by atoms with Crippen molar-refractivity contribution in [2.75, 3.05) is 25.6 Å². The lowest BCUT2D eigenvalue weighted by Crippen LogP contribution is -2.27. The number of halogens is 1. The Morgan fingerprint density at radius 3 is 2.74 bits per heavy atom. The van der Waals surface area contributed by atoms with E-state index in [-0.39, 0.29) is 18.4 Å². The number of amides is 2. The summed E-state index contributed by atoms with van der Waals surface area (Å²) in [6, 6.07) is 12.6. The number of hydrogen-bond acceptors (Lipinski definition) is 6. The fourth-order valence-electron chi connectivity index (χ4n) is 2.76. The summed E-state index contributed by atoms with van der Waals surface area (Å²) < 4.78 is 12.2. The number of rotatable bonds is 8. The number of anilines is 1. The lowest BCUT2D eigenvalue weighted by Gasteiger charge is -2.14. The summed E-state index contributed by atoms with van der Waals surface area (Å²) in [4.78, 5) is 26.7. The minimum absolute atomic E-state index is 0.164. The third-order valence-corrected chi connectivity index (χ3v) is 6.11. The molecule has 0 bridgehead atoms. The van der Waals surface area contributed by atoms with Gasteiger partial charge < -0.3 is 14.8 Å². The lowest BCUT2D eigenvalue weighted by atomic mass is 10.2. The van der Waals surface area contributed by atoms with Gasteiger partial charge in [0.2, 0.25) is 0 Å². The third kappa shape index (κ3) is 5.75. The van der Waals surface area contributed by atoms with Gasteiger partial charge in [0.25, 0.3) is 11.8 Å². The zero-order valence-corrected chi connectivity index (χ0v) is 19.8. The molecule has 0 atom stereocenters. The van der Waals surface area contributed by atoms with Crippen LogP contribution in [0.3, 0.4) is 0 Å². The van der Waals surface area contributed by atoms with Gasteiger partial charge in [-0.15, -0.1) is 6.58 Å². The third-order valence-electron chi connectivity index (χ3n) is 4.14. The van der Waals surface area contributed by atoms with Crippen molar-refractivity contribution in [2.24, 2.45) is 0 Å². The van der Waals surface area contributed by atoms with Crippen LogP contribution >= 0.6 is 39.9 Å². The van der Waals surface area contributed by atoms with Crippen molar-refractivity contribution in [1.82, 2.24) is 4.90 Å². The van der Waals surface area contributed by atoms with E-state index in [0.717, 1.165) is 5.56 Å². The Hall–Kier alpha value is -2.62. The fourth-order valence-corrected chi connectivity index (χ4v) is 4.61. The van der Waals surface area contributed by atoms with E-state index in [2.05, 4.69) is 27.8 Å². The molecule has 31 heavy (non-hydrogen) atoms. The first kappa shape index (κ1) is 23.1. The highest BCUT2D eigenvalue weighted by Crippen LogP contribution is 2.39. The van der Waals surface area contributed by atoms with Crippen LogP contribution in [-0.2, 0) is 9.59 Å². The van der Waals surface area contributed by atoms with Crippen LogP contribution in [0.15, 0.2) is 64.5 Å². The second-order valence-electron chi connectivity index (χ2n) is 6.32. The topological polar surface area (TPSA) is 67.9 Å². The highest BCUT2D eigenvalue weighted by Gasteiger charge is 2.31. The summed E-state index contributed by atoms with van der Waals surface area (Å²) in [5.41, 5.74) is 1.41. The molecule has 0 radical (unpaired) electrons. The van der Waals surface area contributed by atoms with Crippen molar-refractivity contribution in [3.8, 4) is 11.5 Å². The molecule has 3 rings (SSSR count). The van der Waals surface area contributed by atoms with Crippen LogP contribution in [0.5, 0.6) is 11.5 Å². The number of thiocarbonyl (C=S) groups is 1. The van der Waals surface area contributed by atoms with Gasteiger partial charge in [-0.3, -0.25) is 14.5 Å². The summed E-state index contributed by atoms with van der Waals surface area (Å²) in [7, 11) is 1.51. The van der Waals surface area contributed by atoms with Crippen LogP contribution in [0.1, 0.15) is 5.56 Å². The van der Waals surface area contributed by atoms with E-state index in [1.54, 1.807) is 36.4 Å². The molecule has 2 aromatic rings. The number of nitrogens with zero attached hydrogens (tertiary/aromatic N) is 1. The normalized spacial score (nSPS) is 14.6. The van der Waals surface area contributed by atoms with Crippen molar-refractivity contribution < 1.29 is 19.1 Å². The number of benzene rings is 2. The van der Waals surface area contributed by atoms with Crippen molar-refractivity contribution in [2.45, 2.75) is 0 Å². The Morgan fingerprint density at radius 1 is 1.32 bits per heavy atom.